The van der Waals surface area contributed by atoms with Crippen LogP contribution in [0.5, 0.6) is 0 Å². The normalized spacial score (nSPS) is 10.9. The second-order valence-electron chi connectivity index (χ2n) is 4.27. The summed E-state index contributed by atoms with van der Waals surface area (Å²) in [5, 5.41) is 9.55. The highest BCUT2D eigenvalue weighted by Crippen LogP contribution is 2.18. The zero-order valence-corrected chi connectivity index (χ0v) is 11.4. The quantitative estimate of drug-likeness (QED) is 0.627. The van der Waals surface area contributed by atoms with E-state index in [0.717, 1.165) is 5.69 Å². The highest BCUT2D eigenvalue weighted by molar-refractivity contribution is 5.89. The van der Waals surface area contributed by atoms with Gasteiger partial charge in [-0.2, -0.15) is 10.2 Å². The van der Waals surface area contributed by atoms with Crippen molar-refractivity contribution in [1.29, 1.82) is 0 Å². The molecule has 0 atom stereocenters. The summed E-state index contributed by atoms with van der Waals surface area (Å²) in [5.41, 5.74) is 1.93. The lowest BCUT2D eigenvalue weighted by molar-refractivity contribution is -0.0713. The van der Waals surface area contributed by atoms with Crippen molar-refractivity contribution in [2.24, 2.45) is 10.2 Å². The first-order chi connectivity index (χ1) is 9.65. The van der Waals surface area contributed by atoms with E-state index in [4.69, 9.17) is 4.84 Å². The molecule has 102 valence electrons. The Labute approximate surface area is 117 Å². The molecule has 0 saturated heterocycles. The molecule has 2 rings (SSSR count). The number of azo groups is 1. The Kier molecular flexibility index (Phi) is 4.57. The molecule has 0 aliphatic heterocycles. The molecule has 0 amide bonds. The fourth-order valence-corrected chi connectivity index (χ4v) is 1.49. The van der Waals surface area contributed by atoms with Crippen molar-refractivity contribution in [3.8, 4) is 0 Å². The van der Waals surface area contributed by atoms with Crippen molar-refractivity contribution in [2.45, 2.75) is 0 Å². The summed E-state index contributed by atoms with van der Waals surface area (Å²) in [5.74, 6) is -0.401. The second kappa shape index (κ2) is 6.58. The molecule has 0 fully saturated rings. The third-order valence-electron chi connectivity index (χ3n) is 2.41. The molecule has 0 N–H and O–H groups in total. The summed E-state index contributed by atoms with van der Waals surface area (Å²) in [4.78, 5) is 16.6. The number of carbonyl (C=O) groups is 1. The minimum atomic E-state index is -0.401. The van der Waals surface area contributed by atoms with Crippen molar-refractivity contribution in [2.75, 3.05) is 14.1 Å². The average molecular weight is 269 g/mol. The van der Waals surface area contributed by atoms with Crippen molar-refractivity contribution in [1.82, 2.24) is 5.06 Å². The van der Waals surface area contributed by atoms with E-state index in [0.29, 0.717) is 11.3 Å². The van der Waals surface area contributed by atoms with E-state index in [1.165, 1.54) is 5.06 Å². The number of rotatable bonds is 4. The molecule has 0 saturated carbocycles. The topological polar surface area (TPSA) is 54.3 Å². The van der Waals surface area contributed by atoms with Gasteiger partial charge < -0.3 is 4.84 Å². The van der Waals surface area contributed by atoms with Crippen LogP contribution in [0.2, 0.25) is 0 Å². The summed E-state index contributed by atoms with van der Waals surface area (Å²) >= 11 is 0. The van der Waals surface area contributed by atoms with Crippen LogP contribution in [0.15, 0.2) is 64.8 Å². The maximum Gasteiger partial charge on any atom is 0.356 e. The molecular formula is C15H15N3O2. The maximum absolute atomic E-state index is 11.6. The molecule has 0 aromatic heterocycles. The minimum Gasteiger partial charge on any atom is -0.364 e. The molecule has 0 unspecified atom stereocenters. The van der Waals surface area contributed by atoms with E-state index in [1.807, 2.05) is 30.3 Å². The Hall–Kier alpha value is -2.53. The lowest BCUT2D eigenvalue weighted by atomic mass is 10.2. The van der Waals surface area contributed by atoms with Crippen molar-refractivity contribution < 1.29 is 9.63 Å². The van der Waals surface area contributed by atoms with E-state index in [9.17, 15) is 4.79 Å². The smallest absolute Gasteiger partial charge is 0.356 e. The molecule has 0 spiro atoms. The Morgan fingerprint density at radius 1 is 0.900 bits per heavy atom. The monoisotopic (exact) mass is 269 g/mol. The second-order valence-corrected chi connectivity index (χ2v) is 4.27. The van der Waals surface area contributed by atoms with Crippen molar-refractivity contribution in [3.05, 3.63) is 60.2 Å². The predicted octanol–water partition coefficient (Wildman–Crippen LogP) is 3.74. The molecule has 20 heavy (non-hydrogen) atoms. The van der Waals surface area contributed by atoms with E-state index in [-0.39, 0.29) is 0 Å². The maximum atomic E-state index is 11.6. The van der Waals surface area contributed by atoms with Crippen molar-refractivity contribution >= 4 is 17.3 Å². The lowest BCUT2D eigenvalue weighted by Gasteiger charge is -2.09. The van der Waals surface area contributed by atoms with Crippen LogP contribution in [0.1, 0.15) is 10.4 Å². The van der Waals surface area contributed by atoms with Crippen LogP contribution < -0.4 is 0 Å². The fraction of sp³-hybridized carbons (Fsp3) is 0.133. The van der Waals surface area contributed by atoms with Gasteiger partial charge in [-0.1, -0.05) is 18.2 Å². The number of hydrogen-bond donors (Lipinski definition) is 0. The van der Waals surface area contributed by atoms with E-state index in [1.54, 1.807) is 38.4 Å². The molecule has 0 aliphatic rings. The highest BCUT2D eigenvalue weighted by Gasteiger charge is 2.07. The number of nitrogens with zero attached hydrogens (tertiary/aromatic N) is 3. The lowest BCUT2D eigenvalue weighted by Crippen LogP contribution is -2.18. The van der Waals surface area contributed by atoms with Gasteiger partial charge in [-0.25, -0.2) is 4.79 Å². The number of benzene rings is 2. The summed E-state index contributed by atoms with van der Waals surface area (Å²) in [6.45, 7) is 0. The van der Waals surface area contributed by atoms with Crippen LogP contribution in [0.4, 0.5) is 11.4 Å². The summed E-state index contributed by atoms with van der Waals surface area (Å²) in [6.07, 6.45) is 0. The van der Waals surface area contributed by atoms with Gasteiger partial charge in [-0.15, -0.1) is 5.06 Å². The molecule has 0 heterocycles. The van der Waals surface area contributed by atoms with Gasteiger partial charge in [0.1, 0.15) is 0 Å². The van der Waals surface area contributed by atoms with Crippen LogP contribution in [-0.2, 0) is 4.84 Å². The first-order valence-corrected chi connectivity index (χ1v) is 6.11. The standard InChI is InChI=1S/C15H15N3O2/c1-18(2)20-15(19)12-8-10-14(11-9-12)17-16-13-6-4-3-5-7-13/h3-11H,1-2H3/b17-16+. The van der Waals surface area contributed by atoms with Gasteiger partial charge in [-0.3, -0.25) is 0 Å². The molecule has 0 radical (unpaired) electrons. The predicted molar refractivity (Wildman–Crippen MR) is 76.2 cm³/mol. The van der Waals surface area contributed by atoms with Gasteiger partial charge in [0.2, 0.25) is 0 Å². The average Bonchev–Trinajstić information content (AvgIpc) is 2.46. The van der Waals surface area contributed by atoms with Gasteiger partial charge >= 0.3 is 5.97 Å². The van der Waals surface area contributed by atoms with Gasteiger partial charge in [-0.05, 0) is 36.4 Å². The number of hydrogen-bond acceptors (Lipinski definition) is 5. The molecule has 0 aliphatic carbocycles. The third kappa shape index (κ3) is 4.00. The Bertz CT molecular complexity index is 592. The Morgan fingerprint density at radius 2 is 1.45 bits per heavy atom. The molecule has 2 aromatic rings. The highest BCUT2D eigenvalue weighted by atomic mass is 16.7. The SMILES string of the molecule is CN(C)OC(=O)c1ccc(/N=N/c2ccccc2)cc1. The fourth-order valence-electron chi connectivity index (χ4n) is 1.49. The van der Waals surface area contributed by atoms with E-state index < -0.39 is 5.97 Å². The first-order valence-electron chi connectivity index (χ1n) is 6.11. The van der Waals surface area contributed by atoms with Gasteiger partial charge in [0.25, 0.3) is 0 Å². The largest absolute Gasteiger partial charge is 0.364 e. The molecular weight excluding hydrogens is 254 g/mol. The van der Waals surface area contributed by atoms with E-state index >= 15 is 0 Å². The summed E-state index contributed by atoms with van der Waals surface area (Å²) in [6, 6.07) is 16.2. The van der Waals surface area contributed by atoms with Crippen LogP contribution in [0.25, 0.3) is 0 Å². The Balaban J connectivity index is 2.05. The minimum absolute atomic E-state index is 0.401. The third-order valence-corrected chi connectivity index (χ3v) is 2.41. The van der Waals surface area contributed by atoms with Gasteiger partial charge in [0, 0.05) is 14.1 Å². The zero-order valence-electron chi connectivity index (χ0n) is 11.4. The van der Waals surface area contributed by atoms with Crippen LogP contribution in [0, 0.1) is 0 Å². The summed E-state index contributed by atoms with van der Waals surface area (Å²) in [7, 11) is 3.31. The zero-order chi connectivity index (χ0) is 14.4. The molecule has 5 heteroatoms. The Morgan fingerprint density at radius 3 is 2.00 bits per heavy atom. The van der Waals surface area contributed by atoms with Gasteiger partial charge in [0.15, 0.2) is 0 Å². The van der Waals surface area contributed by atoms with Crippen LogP contribution in [0.3, 0.4) is 0 Å². The first kappa shape index (κ1) is 13.9. The van der Waals surface area contributed by atoms with Gasteiger partial charge in [0.05, 0.1) is 16.9 Å². The van der Waals surface area contributed by atoms with E-state index in [2.05, 4.69) is 10.2 Å². The molecule has 0 bridgehead atoms. The van der Waals surface area contributed by atoms with Crippen molar-refractivity contribution in [3.63, 3.8) is 0 Å². The summed E-state index contributed by atoms with van der Waals surface area (Å²) < 4.78 is 0. The molecule has 5 nitrogen and oxygen atoms in total. The van der Waals surface area contributed by atoms with Crippen LogP contribution >= 0.6 is 0 Å². The van der Waals surface area contributed by atoms with Crippen LogP contribution in [-0.4, -0.2) is 25.1 Å². The molecule has 2 aromatic carbocycles. The number of hydroxylamine groups is 2. The number of carbonyl (C=O) groups excluding carboxylic acids is 1.